The van der Waals surface area contributed by atoms with Gasteiger partial charge in [0.1, 0.15) is 6.61 Å². The van der Waals surface area contributed by atoms with Crippen LogP contribution in [0.15, 0.2) is 0 Å². The molecule has 0 aromatic carbocycles. The van der Waals surface area contributed by atoms with Crippen LogP contribution in [0.4, 0.5) is 0 Å². The Morgan fingerprint density at radius 1 is 1.00 bits per heavy atom. The second-order valence-electron chi connectivity index (χ2n) is 3.20. The van der Waals surface area contributed by atoms with Crippen LogP contribution in [0.2, 0.25) is 0 Å². The first kappa shape index (κ1) is 13.4. The van der Waals surface area contributed by atoms with E-state index in [0.717, 1.165) is 25.7 Å². The first-order chi connectivity index (χ1) is 7.31. The van der Waals surface area contributed by atoms with Gasteiger partial charge in [0.2, 0.25) is 0 Å². The molecule has 82 valence electrons. The molecule has 0 saturated carbocycles. The van der Waals surface area contributed by atoms with Gasteiger partial charge < -0.3 is 4.74 Å². The number of hydrogen-bond donors (Lipinski definition) is 0. The Morgan fingerprint density at radius 3 is 2.33 bits per heavy atom. The molecule has 0 heterocycles. The minimum atomic E-state index is -0.231. The van der Waals surface area contributed by atoms with Gasteiger partial charge in [0, 0.05) is 12.8 Å². The number of hydrogen-bond acceptors (Lipinski definition) is 4. The van der Waals surface area contributed by atoms with Crippen molar-refractivity contribution in [1.29, 1.82) is 10.5 Å². The van der Waals surface area contributed by atoms with E-state index in [1.54, 1.807) is 0 Å². The summed E-state index contributed by atoms with van der Waals surface area (Å²) in [6.07, 6.45) is 4.91. The fourth-order valence-corrected chi connectivity index (χ4v) is 1.11. The average molecular weight is 208 g/mol. The van der Waals surface area contributed by atoms with E-state index >= 15 is 0 Å². The lowest BCUT2D eigenvalue weighted by Crippen LogP contribution is -2.04. The van der Waals surface area contributed by atoms with Crippen molar-refractivity contribution in [2.45, 2.75) is 44.9 Å². The van der Waals surface area contributed by atoms with Crippen LogP contribution in [0.3, 0.4) is 0 Å². The molecule has 15 heavy (non-hydrogen) atoms. The molecule has 0 aliphatic carbocycles. The number of esters is 1. The minimum Gasteiger partial charge on any atom is -0.465 e. The van der Waals surface area contributed by atoms with Gasteiger partial charge in [-0.25, -0.2) is 0 Å². The smallest absolute Gasteiger partial charge is 0.305 e. The van der Waals surface area contributed by atoms with Gasteiger partial charge in [0.05, 0.1) is 18.6 Å². The summed E-state index contributed by atoms with van der Waals surface area (Å²) in [7, 11) is 0. The third-order valence-electron chi connectivity index (χ3n) is 1.90. The molecule has 0 atom stereocenters. The summed E-state index contributed by atoms with van der Waals surface area (Å²) >= 11 is 0. The van der Waals surface area contributed by atoms with E-state index in [4.69, 9.17) is 15.3 Å². The van der Waals surface area contributed by atoms with E-state index in [1.807, 2.05) is 6.07 Å². The molecule has 0 spiro atoms. The fourth-order valence-electron chi connectivity index (χ4n) is 1.11. The van der Waals surface area contributed by atoms with Crippen LogP contribution in [0.5, 0.6) is 0 Å². The zero-order chi connectivity index (χ0) is 11.4. The van der Waals surface area contributed by atoms with E-state index in [-0.39, 0.29) is 19.0 Å². The van der Waals surface area contributed by atoms with Gasteiger partial charge in [0.25, 0.3) is 0 Å². The third kappa shape index (κ3) is 10.4. The van der Waals surface area contributed by atoms with Gasteiger partial charge >= 0.3 is 5.97 Å². The highest BCUT2D eigenvalue weighted by Crippen LogP contribution is 2.05. The highest BCUT2D eigenvalue weighted by molar-refractivity contribution is 5.69. The lowest BCUT2D eigenvalue weighted by Gasteiger charge is -2.01. The molecule has 0 saturated heterocycles. The van der Waals surface area contributed by atoms with Crippen LogP contribution in [-0.2, 0) is 9.53 Å². The van der Waals surface area contributed by atoms with Gasteiger partial charge in [-0.1, -0.05) is 12.8 Å². The first-order valence-electron chi connectivity index (χ1n) is 5.20. The largest absolute Gasteiger partial charge is 0.465 e. The van der Waals surface area contributed by atoms with Crippen molar-refractivity contribution in [1.82, 2.24) is 0 Å². The van der Waals surface area contributed by atoms with Crippen molar-refractivity contribution in [3.8, 4) is 12.1 Å². The van der Waals surface area contributed by atoms with Gasteiger partial charge in [-0.3, -0.25) is 4.79 Å². The van der Waals surface area contributed by atoms with Crippen LogP contribution >= 0.6 is 0 Å². The predicted molar refractivity (Wildman–Crippen MR) is 54.5 cm³/mol. The summed E-state index contributed by atoms with van der Waals surface area (Å²) in [4.78, 5) is 11.0. The number of carbonyl (C=O) groups excluding carboxylic acids is 1. The maximum absolute atomic E-state index is 11.0. The molecule has 0 aromatic heterocycles. The summed E-state index contributed by atoms with van der Waals surface area (Å²) in [5.74, 6) is -0.231. The number of rotatable bonds is 8. The molecule has 0 N–H and O–H groups in total. The van der Waals surface area contributed by atoms with Crippen molar-refractivity contribution in [3.63, 3.8) is 0 Å². The zero-order valence-corrected chi connectivity index (χ0v) is 8.87. The number of ether oxygens (including phenoxy) is 1. The molecule has 0 aliphatic heterocycles. The van der Waals surface area contributed by atoms with Crippen molar-refractivity contribution >= 4 is 5.97 Å². The second kappa shape index (κ2) is 10.5. The van der Waals surface area contributed by atoms with E-state index in [2.05, 4.69) is 6.07 Å². The summed E-state index contributed by atoms with van der Waals surface area (Å²) in [6, 6.07) is 3.99. The molecule has 0 bridgehead atoms. The maximum atomic E-state index is 11.0. The number of unbranched alkanes of at least 4 members (excludes halogenated alkanes) is 4. The molecule has 4 nitrogen and oxygen atoms in total. The Labute approximate surface area is 90.4 Å². The summed E-state index contributed by atoms with van der Waals surface area (Å²) < 4.78 is 4.80. The molecule has 0 fully saturated rings. The highest BCUT2D eigenvalue weighted by Gasteiger charge is 2.01. The Morgan fingerprint density at radius 2 is 1.67 bits per heavy atom. The lowest BCUT2D eigenvalue weighted by molar-refractivity contribution is -0.143. The van der Waals surface area contributed by atoms with Crippen LogP contribution in [0.25, 0.3) is 0 Å². The van der Waals surface area contributed by atoms with E-state index < -0.39 is 0 Å². The van der Waals surface area contributed by atoms with E-state index in [1.165, 1.54) is 0 Å². The van der Waals surface area contributed by atoms with Gasteiger partial charge in [-0.05, 0) is 12.8 Å². The molecule has 0 unspecified atom stereocenters. The average Bonchev–Trinajstić information content (AvgIpc) is 2.23. The molecular formula is C11H16N2O2. The van der Waals surface area contributed by atoms with E-state index in [9.17, 15) is 4.79 Å². The van der Waals surface area contributed by atoms with Crippen molar-refractivity contribution in [3.05, 3.63) is 0 Å². The van der Waals surface area contributed by atoms with E-state index in [0.29, 0.717) is 12.8 Å². The summed E-state index contributed by atoms with van der Waals surface area (Å²) in [6.45, 7) is 0.198. The minimum absolute atomic E-state index is 0.198. The number of nitrogens with zero attached hydrogens (tertiary/aromatic N) is 2. The summed E-state index contributed by atoms with van der Waals surface area (Å²) in [5.41, 5.74) is 0. The summed E-state index contributed by atoms with van der Waals surface area (Å²) in [5, 5.41) is 16.5. The monoisotopic (exact) mass is 208 g/mol. The van der Waals surface area contributed by atoms with Crippen LogP contribution < -0.4 is 0 Å². The number of nitriles is 2. The van der Waals surface area contributed by atoms with Crippen molar-refractivity contribution < 1.29 is 9.53 Å². The number of carbonyl (C=O) groups is 1. The quantitative estimate of drug-likeness (QED) is 0.453. The van der Waals surface area contributed by atoms with Gasteiger partial charge in [0.15, 0.2) is 0 Å². The van der Waals surface area contributed by atoms with Gasteiger partial charge in [-0.2, -0.15) is 10.5 Å². The second-order valence-corrected chi connectivity index (χ2v) is 3.20. The van der Waals surface area contributed by atoms with Crippen LogP contribution in [0, 0.1) is 22.7 Å². The zero-order valence-electron chi connectivity index (χ0n) is 8.87. The predicted octanol–water partition coefficient (Wildman–Crippen LogP) is 2.31. The standard InChI is InChI=1S/C11H16N2O2/c12-8-5-3-1-2-4-7-11(14)15-10-6-9-13/h1-7,10H2. The Balaban J connectivity index is 3.18. The Kier molecular flexibility index (Phi) is 9.44. The van der Waals surface area contributed by atoms with Crippen molar-refractivity contribution in [2.24, 2.45) is 0 Å². The van der Waals surface area contributed by atoms with Crippen molar-refractivity contribution in [2.75, 3.05) is 6.61 Å². The normalized spacial score (nSPS) is 8.93. The first-order valence-corrected chi connectivity index (χ1v) is 5.20. The molecule has 4 heteroatoms. The molecule has 0 amide bonds. The lowest BCUT2D eigenvalue weighted by atomic mass is 10.1. The fraction of sp³-hybridized carbons (Fsp3) is 0.727. The SMILES string of the molecule is N#CCCCCCCC(=O)OCCC#N. The molecule has 0 rings (SSSR count). The van der Waals surface area contributed by atoms with Crippen LogP contribution in [-0.4, -0.2) is 12.6 Å². The topological polar surface area (TPSA) is 73.9 Å². The Bertz CT molecular complexity index is 250. The maximum Gasteiger partial charge on any atom is 0.305 e. The molecular weight excluding hydrogens is 192 g/mol. The molecule has 0 radical (unpaired) electrons. The molecule has 0 aliphatic rings. The molecule has 0 aromatic rings. The Hall–Kier alpha value is -1.55. The van der Waals surface area contributed by atoms with Gasteiger partial charge in [-0.15, -0.1) is 0 Å². The highest BCUT2D eigenvalue weighted by atomic mass is 16.5. The van der Waals surface area contributed by atoms with Crippen LogP contribution in [0.1, 0.15) is 44.9 Å². The third-order valence-corrected chi connectivity index (χ3v) is 1.90.